The van der Waals surface area contributed by atoms with Gasteiger partial charge in [0.2, 0.25) is 5.88 Å². The first kappa shape index (κ1) is 18.1. The lowest BCUT2D eigenvalue weighted by molar-refractivity contribution is 0.390. The third-order valence-corrected chi connectivity index (χ3v) is 4.53. The molecule has 0 N–H and O–H groups in total. The number of rotatable bonds is 3. The zero-order valence-corrected chi connectivity index (χ0v) is 16.6. The molecule has 5 heteroatoms. The summed E-state index contributed by atoms with van der Waals surface area (Å²) in [6, 6.07) is 18.7. The summed E-state index contributed by atoms with van der Waals surface area (Å²) in [6.07, 6.45) is 1.92. The summed E-state index contributed by atoms with van der Waals surface area (Å²) in [6.45, 7) is 4.28. The minimum absolute atomic E-state index is 0. The number of benzene rings is 2. The molecule has 0 aliphatic heterocycles. The zero-order valence-electron chi connectivity index (χ0n) is 14.9. The van der Waals surface area contributed by atoms with Gasteiger partial charge in [0.1, 0.15) is 0 Å². The predicted octanol–water partition coefficient (Wildman–Crippen LogP) is 5.27. The first-order chi connectivity index (χ1) is 12.1. The van der Waals surface area contributed by atoms with Gasteiger partial charge in [0.05, 0.1) is 19.0 Å². The maximum Gasteiger partial charge on any atom is 0.231 e. The van der Waals surface area contributed by atoms with Crippen LogP contribution in [0.25, 0.3) is 28.0 Å². The fraction of sp³-hybridized carbons (Fsp3) is 0.143. The molecule has 4 rings (SSSR count). The van der Waals surface area contributed by atoms with Gasteiger partial charge in [-0.25, -0.2) is 9.50 Å². The van der Waals surface area contributed by atoms with E-state index in [0.29, 0.717) is 5.88 Å². The van der Waals surface area contributed by atoms with E-state index < -0.39 is 0 Å². The van der Waals surface area contributed by atoms with E-state index in [0.717, 1.165) is 16.9 Å². The van der Waals surface area contributed by atoms with Crippen LogP contribution in [0.3, 0.4) is 0 Å². The van der Waals surface area contributed by atoms with Crippen molar-refractivity contribution >= 4 is 22.6 Å². The average Bonchev–Trinajstić information content (AvgIpc) is 3.07. The number of imidazole rings is 1. The van der Waals surface area contributed by atoms with Crippen LogP contribution >= 0.6 is 17.0 Å². The van der Waals surface area contributed by atoms with Gasteiger partial charge in [0, 0.05) is 11.6 Å². The summed E-state index contributed by atoms with van der Waals surface area (Å²) in [5.74, 6) is 0.571. The van der Waals surface area contributed by atoms with Crippen molar-refractivity contribution in [1.82, 2.24) is 14.6 Å². The van der Waals surface area contributed by atoms with Gasteiger partial charge in [-0.2, -0.15) is 0 Å². The van der Waals surface area contributed by atoms with Crippen molar-refractivity contribution in [3.63, 3.8) is 0 Å². The number of hydrogen-bond donors (Lipinski definition) is 0. The van der Waals surface area contributed by atoms with Crippen molar-refractivity contribution in [3.05, 3.63) is 71.9 Å². The number of methoxy groups -OCH3 is 1. The first-order valence-electron chi connectivity index (χ1n) is 8.22. The average molecular weight is 410 g/mol. The third kappa shape index (κ3) is 3.35. The van der Waals surface area contributed by atoms with Gasteiger partial charge in [-0.3, -0.25) is 0 Å². The highest BCUT2D eigenvalue weighted by Gasteiger charge is 2.07. The molecule has 132 valence electrons. The van der Waals surface area contributed by atoms with Crippen molar-refractivity contribution < 1.29 is 4.74 Å². The van der Waals surface area contributed by atoms with Crippen molar-refractivity contribution in [2.24, 2.45) is 0 Å². The molecule has 0 aliphatic rings. The second-order valence-electron chi connectivity index (χ2n) is 6.18. The summed E-state index contributed by atoms with van der Waals surface area (Å²) < 4.78 is 6.90. The van der Waals surface area contributed by atoms with Gasteiger partial charge < -0.3 is 4.74 Å². The van der Waals surface area contributed by atoms with Gasteiger partial charge in [-0.05, 0) is 42.2 Å². The monoisotopic (exact) mass is 409 g/mol. The molecule has 0 saturated carbocycles. The van der Waals surface area contributed by atoms with Crippen molar-refractivity contribution in [2.75, 3.05) is 7.11 Å². The normalized spacial score (nSPS) is 10.6. The Bertz CT molecular complexity index is 1050. The Morgan fingerprint density at radius 2 is 1.50 bits per heavy atom. The van der Waals surface area contributed by atoms with E-state index in [4.69, 9.17) is 4.74 Å². The highest BCUT2D eigenvalue weighted by molar-refractivity contribution is 8.93. The minimum atomic E-state index is 0. The smallest absolute Gasteiger partial charge is 0.231 e. The van der Waals surface area contributed by atoms with E-state index in [1.807, 2.05) is 18.3 Å². The van der Waals surface area contributed by atoms with Crippen LogP contribution in [0.1, 0.15) is 11.1 Å². The van der Waals surface area contributed by atoms with Crippen LogP contribution in [-0.2, 0) is 0 Å². The highest BCUT2D eigenvalue weighted by Crippen LogP contribution is 2.26. The molecule has 4 nitrogen and oxygen atoms in total. The van der Waals surface area contributed by atoms with Crippen LogP contribution in [0.2, 0.25) is 0 Å². The summed E-state index contributed by atoms with van der Waals surface area (Å²) in [5.41, 5.74) is 7.82. The van der Waals surface area contributed by atoms with Crippen molar-refractivity contribution in [3.8, 4) is 28.3 Å². The van der Waals surface area contributed by atoms with Gasteiger partial charge in [0.25, 0.3) is 0 Å². The molecule has 0 amide bonds. The maximum atomic E-state index is 5.16. The topological polar surface area (TPSA) is 39.4 Å². The standard InChI is InChI=1S/C21H19N3O.BrH/c1-14-4-5-18(12-15(14)2)16-6-8-17(9-7-16)19-13-24-20(22-19)10-11-21(23-24)25-3;/h4-13H,1-3H3;1H. The number of aromatic nitrogens is 3. The lowest BCUT2D eigenvalue weighted by Crippen LogP contribution is -1.93. The Morgan fingerprint density at radius 3 is 2.19 bits per heavy atom. The van der Waals surface area contributed by atoms with Crippen LogP contribution in [0.15, 0.2) is 60.8 Å². The number of fused-ring (bicyclic) bond motifs is 1. The molecule has 0 saturated heterocycles. The number of aryl methyl sites for hydroxylation is 2. The molecule has 0 atom stereocenters. The summed E-state index contributed by atoms with van der Waals surface area (Å²) in [4.78, 5) is 4.63. The molecule has 0 fully saturated rings. The lowest BCUT2D eigenvalue weighted by Gasteiger charge is -2.06. The van der Waals surface area contributed by atoms with Crippen molar-refractivity contribution in [2.45, 2.75) is 13.8 Å². The van der Waals surface area contributed by atoms with E-state index in [1.165, 1.54) is 22.3 Å². The minimum Gasteiger partial charge on any atom is -0.480 e. The van der Waals surface area contributed by atoms with E-state index in [1.54, 1.807) is 11.6 Å². The largest absolute Gasteiger partial charge is 0.480 e. The Hall–Kier alpha value is -2.66. The fourth-order valence-corrected chi connectivity index (χ4v) is 2.87. The second-order valence-corrected chi connectivity index (χ2v) is 6.18. The first-order valence-corrected chi connectivity index (χ1v) is 8.22. The molecule has 0 unspecified atom stereocenters. The van der Waals surface area contributed by atoms with E-state index in [9.17, 15) is 0 Å². The van der Waals surface area contributed by atoms with Crippen LogP contribution in [0, 0.1) is 13.8 Å². The van der Waals surface area contributed by atoms with Crippen LogP contribution in [0.5, 0.6) is 5.88 Å². The maximum absolute atomic E-state index is 5.16. The molecule has 2 aromatic heterocycles. The Morgan fingerprint density at radius 1 is 0.808 bits per heavy atom. The summed E-state index contributed by atoms with van der Waals surface area (Å²) in [5, 5.41) is 4.35. The van der Waals surface area contributed by atoms with E-state index in [-0.39, 0.29) is 17.0 Å². The molecule has 0 radical (unpaired) electrons. The fourth-order valence-electron chi connectivity index (χ4n) is 2.87. The molecule has 0 spiro atoms. The second kappa shape index (κ2) is 7.30. The molecular weight excluding hydrogens is 390 g/mol. The number of halogens is 1. The number of nitrogens with zero attached hydrogens (tertiary/aromatic N) is 3. The molecule has 26 heavy (non-hydrogen) atoms. The SMILES string of the molecule is Br.COc1ccc2nc(-c3ccc(-c4ccc(C)c(C)c4)cc3)cn2n1. The lowest BCUT2D eigenvalue weighted by atomic mass is 9.99. The molecular formula is C21H20BrN3O. The van der Waals surface area contributed by atoms with Crippen molar-refractivity contribution in [1.29, 1.82) is 0 Å². The van der Waals surface area contributed by atoms with Crippen LogP contribution < -0.4 is 4.74 Å². The zero-order chi connectivity index (χ0) is 17.4. The van der Waals surface area contributed by atoms with Crippen LogP contribution in [0.4, 0.5) is 0 Å². The van der Waals surface area contributed by atoms with Gasteiger partial charge in [-0.1, -0.05) is 42.5 Å². The Labute approximate surface area is 163 Å². The van der Waals surface area contributed by atoms with E-state index >= 15 is 0 Å². The Kier molecular flexibility index (Phi) is 5.09. The predicted molar refractivity (Wildman–Crippen MR) is 110 cm³/mol. The molecule has 0 bridgehead atoms. The Balaban J connectivity index is 0.00000196. The highest BCUT2D eigenvalue weighted by atomic mass is 79.9. The number of hydrogen-bond acceptors (Lipinski definition) is 3. The van der Waals surface area contributed by atoms with Gasteiger partial charge >= 0.3 is 0 Å². The summed E-state index contributed by atoms with van der Waals surface area (Å²) >= 11 is 0. The van der Waals surface area contributed by atoms with Gasteiger partial charge in [-0.15, -0.1) is 22.1 Å². The van der Waals surface area contributed by atoms with E-state index in [2.05, 4.69) is 66.4 Å². The molecule has 4 aromatic rings. The number of ether oxygens (including phenoxy) is 1. The third-order valence-electron chi connectivity index (χ3n) is 4.53. The van der Waals surface area contributed by atoms with Gasteiger partial charge in [0.15, 0.2) is 5.65 Å². The quantitative estimate of drug-likeness (QED) is 0.462. The molecule has 0 aliphatic carbocycles. The molecule has 2 aromatic carbocycles. The molecule has 2 heterocycles. The summed E-state index contributed by atoms with van der Waals surface area (Å²) in [7, 11) is 1.61. The van der Waals surface area contributed by atoms with Crippen LogP contribution in [-0.4, -0.2) is 21.7 Å².